The molecule has 1 aromatic carbocycles. The van der Waals surface area contributed by atoms with Gasteiger partial charge in [0.25, 0.3) is 5.91 Å². The monoisotopic (exact) mass is 297 g/mol. The van der Waals surface area contributed by atoms with Crippen molar-refractivity contribution in [3.05, 3.63) is 45.6 Å². The van der Waals surface area contributed by atoms with E-state index in [1.54, 1.807) is 24.3 Å². The van der Waals surface area contributed by atoms with Gasteiger partial charge in [0.2, 0.25) is 0 Å². The van der Waals surface area contributed by atoms with E-state index in [2.05, 4.69) is 15.5 Å². The molecule has 0 aliphatic rings. The molecule has 2 aromatic rings. The minimum atomic E-state index is -0.377. The Morgan fingerprint density at radius 3 is 2.47 bits per heavy atom. The van der Waals surface area contributed by atoms with E-state index in [1.165, 1.54) is 0 Å². The lowest BCUT2D eigenvalue weighted by Crippen LogP contribution is -2.13. The van der Waals surface area contributed by atoms with Crippen molar-refractivity contribution in [3.63, 3.8) is 0 Å². The van der Waals surface area contributed by atoms with E-state index >= 15 is 0 Å². The Kier molecular flexibility index (Phi) is 4.12. The fraction of sp³-hybridized carbons (Fsp3) is 0.231. The molecule has 0 spiro atoms. The normalized spacial score (nSPS) is 10.8. The summed E-state index contributed by atoms with van der Waals surface area (Å²) in [6, 6.07) is 6.71. The first-order chi connectivity index (χ1) is 8.99. The molecule has 0 saturated carbocycles. The number of H-pyrrole nitrogens is 1. The van der Waals surface area contributed by atoms with Gasteiger partial charge < -0.3 is 5.32 Å². The predicted molar refractivity (Wildman–Crippen MR) is 77.1 cm³/mol. The van der Waals surface area contributed by atoms with E-state index in [-0.39, 0.29) is 11.5 Å². The first kappa shape index (κ1) is 13.9. The Bertz CT molecular complexity index is 587. The van der Waals surface area contributed by atoms with Gasteiger partial charge in [0.1, 0.15) is 0 Å². The highest BCUT2D eigenvalue weighted by molar-refractivity contribution is 6.40. The summed E-state index contributed by atoms with van der Waals surface area (Å²) in [4.78, 5) is 12.1. The molecule has 0 atom stereocenters. The maximum Gasteiger partial charge on any atom is 0.259 e. The second kappa shape index (κ2) is 5.63. The Labute approximate surface area is 121 Å². The number of hydrogen-bond acceptors (Lipinski definition) is 2. The third-order valence-electron chi connectivity index (χ3n) is 2.65. The smallest absolute Gasteiger partial charge is 0.259 e. The van der Waals surface area contributed by atoms with Crippen LogP contribution in [0.2, 0.25) is 10.0 Å². The summed E-state index contributed by atoms with van der Waals surface area (Å²) >= 11 is 11.9. The molecule has 0 radical (unpaired) electrons. The van der Waals surface area contributed by atoms with E-state index in [0.29, 0.717) is 21.8 Å². The van der Waals surface area contributed by atoms with Crippen LogP contribution in [0.3, 0.4) is 0 Å². The number of carbonyl (C=O) groups excluding carboxylic acids is 1. The molecule has 19 heavy (non-hydrogen) atoms. The average Bonchev–Trinajstić information content (AvgIpc) is 2.77. The number of amides is 1. The highest BCUT2D eigenvalue weighted by atomic mass is 35.5. The van der Waals surface area contributed by atoms with Gasteiger partial charge in [0, 0.05) is 11.8 Å². The van der Waals surface area contributed by atoms with Crippen molar-refractivity contribution in [2.45, 2.75) is 19.8 Å². The summed E-state index contributed by atoms with van der Waals surface area (Å²) in [5.74, 6) is 0.379. The van der Waals surface area contributed by atoms with Crippen molar-refractivity contribution in [1.29, 1.82) is 0 Å². The number of halogens is 2. The van der Waals surface area contributed by atoms with Crippen LogP contribution in [-0.2, 0) is 0 Å². The van der Waals surface area contributed by atoms with E-state index in [9.17, 15) is 4.79 Å². The predicted octanol–water partition coefficient (Wildman–Crippen LogP) is 4.09. The number of aromatic nitrogens is 2. The van der Waals surface area contributed by atoms with Gasteiger partial charge in [-0.2, -0.15) is 5.10 Å². The summed E-state index contributed by atoms with van der Waals surface area (Å²) < 4.78 is 0. The van der Waals surface area contributed by atoms with Crippen LogP contribution in [0.4, 0.5) is 5.82 Å². The van der Waals surface area contributed by atoms with Gasteiger partial charge in [-0.15, -0.1) is 0 Å². The highest BCUT2D eigenvalue weighted by Crippen LogP contribution is 2.25. The number of anilines is 1. The number of nitrogens with one attached hydrogen (secondary N) is 2. The molecule has 0 aliphatic carbocycles. The summed E-state index contributed by atoms with van der Waals surface area (Å²) in [5.41, 5.74) is 1.19. The average molecular weight is 298 g/mol. The molecule has 1 aromatic heterocycles. The zero-order valence-electron chi connectivity index (χ0n) is 10.5. The third-order valence-corrected chi connectivity index (χ3v) is 3.28. The van der Waals surface area contributed by atoms with Crippen LogP contribution in [-0.4, -0.2) is 16.1 Å². The van der Waals surface area contributed by atoms with Gasteiger partial charge >= 0.3 is 0 Å². The van der Waals surface area contributed by atoms with Gasteiger partial charge in [-0.1, -0.05) is 43.1 Å². The molecule has 0 fully saturated rings. The van der Waals surface area contributed by atoms with Crippen molar-refractivity contribution in [3.8, 4) is 0 Å². The molecule has 0 aliphatic heterocycles. The van der Waals surface area contributed by atoms with Gasteiger partial charge in [-0.3, -0.25) is 9.89 Å². The number of hydrogen-bond donors (Lipinski definition) is 2. The number of benzene rings is 1. The van der Waals surface area contributed by atoms with Crippen LogP contribution in [0.1, 0.15) is 35.8 Å². The lowest BCUT2D eigenvalue weighted by atomic mass is 10.1. The first-order valence-corrected chi connectivity index (χ1v) is 6.55. The summed E-state index contributed by atoms with van der Waals surface area (Å²) in [6.45, 7) is 4.06. The quantitative estimate of drug-likeness (QED) is 0.896. The number of rotatable bonds is 3. The number of aromatic amines is 1. The van der Waals surface area contributed by atoms with Crippen molar-refractivity contribution < 1.29 is 4.79 Å². The molecule has 1 heterocycles. The van der Waals surface area contributed by atoms with Crippen molar-refractivity contribution in [2.75, 3.05) is 5.32 Å². The van der Waals surface area contributed by atoms with E-state index in [4.69, 9.17) is 23.2 Å². The zero-order valence-corrected chi connectivity index (χ0v) is 12.0. The van der Waals surface area contributed by atoms with E-state index in [0.717, 1.165) is 5.69 Å². The molecule has 100 valence electrons. The second-order valence-corrected chi connectivity index (χ2v) is 5.23. The molecule has 0 unspecified atom stereocenters. The summed E-state index contributed by atoms with van der Waals surface area (Å²) in [7, 11) is 0. The molecule has 2 rings (SSSR count). The summed E-state index contributed by atoms with van der Waals surface area (Å²) in [6.07, 6.45) is 0. The van der Waals surface area contributed by atoms with Crippen LogP contribution < -0.4 is 5.32 Å². The standard InChI is InChI=1S/C13H13Cl2N3O/c1-7(2)10-6-11(18-17-10)16-13(19)12-8(14)4-3-5-9(12)15/h3-7H,1-2H3,(H2,16,17,18,19). The molecule has 1 amide bonds. The number of nitrogens with zero attached hydrogens (tertiary/aromatic N) is 1. The Balaban J connectivity index is 2.21. The lowest BCUT2D eigenvalue weighted by Gasteiger charge is -2.05. The molecule has 2 N–H and O–H groups in total. The Hall–Kier alpha value is -1.52. The second-order valence-electron chi connectivity index (χ2n) is 4.41. The van der Waals surface area contributed by atoms with Crippen LogP contribution in [0, 0.1) is 0 Å². The van der Waals surface area contributed by atoms with Gasteiger partial charge in [-0.05, 0) is 18.1 Å². The molecular weight excluding hydrogens is 285 g/mol. The van der Waals surface area contributed by atoms with Crippen molar-refractivity contribution in [2.24, 2.45) is 0 Å². The van der Waals surface area contributed by atoms with E-state index in [1.807, 2.05) is 13.8 Å². The SMILES string of the molecule is CC(C)c1cc(NC(=O)c2c(Cl)cccc2Cl)n[nH]1. The van der Waals surface area contributed by atoms with Crippen LogP contribution in [0.5, 0.6) is 0 Å². The third kappa shape index (κ3) is 3.08. The Morgan fingerprint density at radius 1 is 1.32 bits per heavy atom. The molecule has 4 nitrogen and oxygen atoms in total. The van der Waals surface area contributed by atoms with Gasteiger partial charge in [-0.25, -0.2) is 0 Å². The zero-order chi connectivity index (χ0) is 14.0. The number of carbonyl (C=O) groups is 1. The topological polar surface area (TPSA) is 57.8 Å². The summed E-state index contributed by atoms with van der Waals surface area (Å²) in [5, 5.41) is 10.2. The van der Waals surface area contributed by atoms with Gasteiger partial charge in [0.15, 0.2) is 5.82 Å². The largest absolute Gasteiger partial charge is 0.305 e. The maximum absolute atomic E-state index is 12.1. The molecule has 0 bridgehead atoms. The Morgan fingerprint density at radius 2 is 1.95 bits per heavy atom. The minimum Gasteiger partial charge on any atom is -0.305 e. The molecule has 0 saturated heterocycles. The fourth-order valence-electron chi connectivity index (χ4n) is 1.59. The maximum atomic E-state index is 12.1. The van der Waals surface area contributed by atoms with Crippen LogP contribution >= 0.6 is 23.2 Å². The van der Waals surface area contributed by atoms with Crippen LogP contribution in [0.25, 0.3) is 0 Å². The van der Waals surface area contributed by atoms with Crippen molar-refractivity contribution >= 4 is 34.9 Å². The lowest BCUT2D eigenvalue weighted by molar-refractivity contribution is 0.102. The van der Waals surface area contributed by atoms with E-state index < -0.39 is 0 Å². The van der Waals surface area contributed by atoms with Gasteiger partial charge in [0.05, 0.1) is 15.6 Å². The van der Waals surface area contributed by atoms with Crippen molar-refractivity contribution in [1.82, 2.24) is 10.2 Å². The minimum absolute atomic E-state index is 0.250. The molecule has 6 heteroatoms. The molecular formula is C13H13Cl2N3O. The fourth-order valence-corrected chi connectivity index (χ4v) is 2.16. The highest BCUT2D eigenvalue weighted by Gasteiger charge is 2.16. The first-order valence-electron chi connectivity index (χ1n) is 5.79. The van der Waals surface area contributed by atoms with Crippen LogP contribution in [0.15, 0.2) is 24.3 Å².